The third-order valence-electron chi connectivity index (χ3n) is 2.70. The topological polar surface area (TPSA) is 64.4 Å². The number of aromatic nitrogens is 2. The number of hydrogen-bond donors (Lipinski definition) is 1. The second-order valence-electron chi connectivity index (χ2n) is 4.13. The van der Waals surface area contributed by atoms with Gasteiger partial charge in [0.15, 0.2) is 0 Å². The van der Waals surface area contributed by atoms with Crippen molar-refractivity contribution in [3.63, 3.8) is 0 Å². The van der Waals surface area contributed by atoms with Gasteiger partial charge in [-0.3, -0.25) is 0 Å². The zero-order chi connectivity index (χ0) is 14.7. The molecule has 0 atom stereocenters. The number of halogens is 2. The molecule has 20 heavy (non-hydrogen) atoms. The molecule has 0 saturated carbocycles. The molecular formula is C13H12Cl2N2O3. The van der Waals surface area contributed by atoms with Crippen LogP contribution in [0.1, 0.15) is 21.6 Å². The molecule has 7 heteroatoms. The van der Waals surface area contributed by atoms with Crippen molar-refractivity contribution in [1.82, 2.24) is 9.78 Å². The molecule has 1 aromatic carbocycles. The molecule has 1 heterocycles. The summed E-state index contributed by atoms with van der Waals surface area (Å²) in [4.78, 5) is 11.2. The van der Waals surface area contributed by atoms with Crippen LogP contribution in [0.4, 0.5) is 0 Å². The van der Waals surface area contributed by atoms with Crippen LogP contribution in [0.2, 0.25) is 10.2 Å². The molecule has 0 unspecified atom stereocenters. The summed E-state index contributed by atoms with van der Waals surface area (Å²) in [6.45, 7) is 0.453. The van der Waals surface area contributed by atoms with Gasteiger partial charge in [0.1, 0.15) is 16.4 Å². The van der Waals surface area contributed by atoms with E-state index in [0.717, 1.165) is 5.56 Å². The maximum absolute atomic E-state index is 11.2. The van der Waals surface area contributed by atoms with E-state index >= 15 is 0 Å². The summed E-state index contributed by atoms with van der Waals surface area (Å²) in [5, 5.41) is 14.1. The van der Waals surface area contributed by atoms with Crippen LogP contribution < -0.4 is 0 Å². The van der Waals surface area contributed by atoms with Crippen LogP contribution in [0.25, 0.3) is 0 Å². The van der Waals surface area contributed by atoms with E-state index in [1.165, 1.54) is 11.8 Å². The lowest BCUT2D eigenvalue weighted by molar-refractivity contribution is 0.0692. The van der Waals surface area contributed by atoms with Crippen molar-refractivity contribution in [2.45, 2.75) is 13.2 Å². The maximum Gasteiger partial charge on any atom is 0.340 e. The number of methoxy groups -OCH3 is 1. The number of ether oxygens (including phenoxy) is 1. The van der Waals surface area contributed by atoms with Crippen molar-refractivity contribution in [1.29, 1.82) is 0 Å². The molecule has 0 amide bonds. The standard InChI is InChI=1S/C13H12Cl2N2O3/c1-20-7-10-11(13(18)19)12(15)17(16-10)6-8-2-4-9(14)5-3-8/h2-5H,6-7H2,1H3,(H,18,19). The van der Waals surface area contributed by atoms with Crippen molar-refractivity contribution in [3.8, 4) is 0 Å². The van der Waals surface area contributed by atoms with E-state index in [1.807, 2.05) is 12.1 Å². The second kappa shape index (κ2) is 6.26. The first-order valence-corrected chi connectivity index (χ1v) is 6.50. The number of carbonyl (C=O) groups is 1. The monoisotopic (exact) mass is 314 g/mol. The van der Waals surface area contributed by atoms with Crippen LogP contribution in [-0.2, 0) is 17.9 Å². The molecule has 0 saturated heterocycles. The van der Waals surface area contributed by atoms with Gasteiger partial charge in [-0.05, 0) is 17.7 Å². The Morgan fingerprint density at radius 3 is 2.55 bits per heavy atom. The van der Waals surface area contributed by atoms with E-state index in [4.69, 9.17) is 27.9 Å². The van der Waals surface area contributed by atoms with Crippen LogP contribution >= 0.6 is 23.2 Å². The van der Waals surface area contributed by atoms with Gasteiger partial charge in [-0.25, -0.2) is 9.48 Å². The lowest BCUT2D eigenvalue weighted by atomic mass is 10.2. The highest BCUT2D eigenvalue weighted by Gasteiger charge is 2.22. The third kappa shape index (κ3) is 3.12. The van der Waals surface area contributed by atoms with Gasteiger partial charge in [0, 0.05) is 12.1 Å². The Morgan fingerprint density at radius 2 is 2.00 bits per heavy atom. The number of carboxylic acid groups (broad SMARTS) is 1. The number of nitrogens with zero attached hydrogens (tertiary/aromatic N) is 2. The summed E-state index contributed by atoms with van der Waals surface area (Å²) in [5.41, 5.74) is 1.20. The zero-order valence-corrected chi connectivity index (χ0v) is 12.1. The van der Waals surface area contributed by atoms with Crippen molar-refractivity contribution in [2.75, 3.05) is 7.11 Å². The Labute approximate surface area is 125 Å². The fourth-order valence-electron chi connectivity index (χ4n) is 1.80. The van der Waals surface area contributed by atoms with Gasteiger partial charge in [-0.1, -0.05) is 35.3 Å². The van der Waals surface area contributed by atoms with Gasteiger partial charge in [0.05, 0.1) is 13.2 Å². The average molecular weight is 315 g/mol. The van der Waals surface area contributed by atoms with E-state index in [1.54, 1.807) is 12.1 Å². The van der Waals surface area contributed by atoms with E-state index in [0.29, 0.717) is 17.3 Å². The molecule has 2 aromatic rings. The molecular weight excluding hydrogens is 303 g/mol. The number of hydrogen-bond acceptors (Lipinski definition) is 3. The zero-order valence-electron chi connectivity index (χ0n) is 10.6. The number of rotatable bonds is 5. The SMILES string of the molecule is COCc1nn(Cc2ccc(Cl)cc2)c(Cl)c1C(=O)O. The lowest BCUT2D eigenvalue weighted by Gasteiger charge is -2.03. The van der Waals surface area contributed by atoms with Crippen LogP contribution in [0.3, 0.4) is 0 Å². The lowest BCUT2D eigenvalue weighted by Crippen LogP contribution is -2.03. The summed E-state index contributed by atoms with van der Waals surface area (Å²) in [7, 11) is 1.47. The molecule has 0 aliphatic heterocycles. The molecule has 5 nitrogen and oxygen atoms in total. The Morgan fingerprint density at radius 1 is 1.35 bits per heavy atom. The van der Waals surface area contributed by atoms with Crippen molar-refractivity contribution in [2.24, 2.45) is 0 Å². The van der Waals surface area contributed by atoms with Gasteiger partial charge >= 0.3 is 5.97 Å². The van der Waals surface area contributed by atoms with Crippen LogP contribution in [0.5, 0.6) is 0 Å². The highest BCUT2D eigenvalue weighted by atomic mass is 35.5. The van der Waals surface area contributed by atoms with E-state index in [2.05, 4.69) is 5.10 Å². The number of carboxylic acids is 1. The van der Waals surface area contributed by atoms with Gasteiger partial charge in [0.2, 0.25) is 0 Å². The van der Waals surface area contributed by atoms with Gasteiger partial charge in [-0.2, -0.15) is 5.10 Å². The summed E-state index contributed by atoms with van der Waals surface area (Å²) in [6.07, 6.45) is 0. The average Bonchev–Trinajstić information content (AvgIpc) is 2.69. The van der Waals surface area contributed by atoms with Gasteiger partial charge < -0.3 is 9.84 Å². The number of aromatic carboxylic acids is 1. The Bertz CT molecular complexity index is 623. The molecule has 0 aliphatic rings. The Kier molecular flexibility index (Phi) is 4.65. The van der Waals surface area contributed by atoms with Crippen LogP contribution in [-0.4, -0.2) is 28.0 Å². The largest absolute Gasteiger partial charge is 0.478 e. The summed E-state index contributed by atoms with van der Waals surface area (Å²) < 4.78 is 6.37. The molecule has 2 rings (SSSR count). The third-order valence-corrected chi connectivity index (χ3v) is 3.34. The van der Waals surface area contributed by atoms with Crippen LogP contribution in [0, 0.1) is 0 Å². The van der Waals surface area contributed by atoms with E-state index in [9.17, 15) is 9.90 Å². The van der Waals surface area contributed by atoms with E-state index in [-0.39, 0.29) is 17.3 Å². The molecule has 1 aromatic heterocycles. The van der Waals surface area contributed by atoms with Crippen molar-refractivity contribution in [3.05, 3.63) is 51.3 Å². The highest BCUT2D eigenvalue weighted by Crippen LogP contribution is 2.22. The van der Waals surface area contributed by atoms with Gasteiger partial charge in [0.25, 0.3) is 0 Å². The number of benzene rings is 1. The second-order valence-corrected chi connectivity index (χ2v) is 4.93. The molecule has 0 spiro atoms. The molecule has 0 bridgehead atoms. The quantitative estimate of drug-likeness (QED) is 0.921. The molecule has 106 valence electrons. The minimum Gasteiger partial charge on any atom is -0.478 e. The Balaban J connectivity index is 2.34. The normalized spacial score (nSPS) is 10.8. The van der Waals surface area contributed by atoms with Gasteiger partial charge in [-0.15, -0.1) is 0 Å². The molecule has 0 fully saturated rings. The summed E-state index contributed by atoms with van der Waals surface area (Å²) >= 11 is 11.9. The summed E-state index contributed by atoms with van der Waals surface area (Å²) in [6, 6.07) is 7.17. The fourth-order valence-corrected chi connectivity index (χ4v) is 2.22. The maximum atomic E-state index is 11.2. The van der Waals surface area contributed by atoms with Crippen molar-refractivity contribution < 1.29 is 14.6 Å². The molecule has 1 N–H and O–H groups in total. The summed E-state index contributed by atoms with van der Waals surface area (Å²) in [5.74, 6) is -1.12. The predicted molar refractivity (Wildman–Crippen MR) is 75.5 cm³/mol. The highest BCUT2D eigenvalue weighted by molar-refractivity contribution is 6.32. The van der Waals surface area contributed by atoms with Crippen LogP contribution in [0.15, 0.2) is 24.3 Å². The first kappa shape index (κ1) is 14.8. The minimum atomic E-state index is -1.12. The first-order valence-electron chi connectivity index (χ1n) is 5.74. The molecule has 0 radical (unpaired) electrons. The predicted octanol–water partition coefficient (Wildman–Crippen LogP) is 3.08. The minimum absolute atomic E-state index is 0.0255. The molecule has 0 aliphatic carbocycles. The smallest absolute Gasteiger partial charge is 0.340 e. The fraction of sp³-hybridized carbons (Fsp3) is 0.231. The van der Waals surface area contributed by atoms with E-state index < -0.39 is 5.97 Å². The Hall–Kier alpha value is -1.56. The first-order chi connectivity index (χ1) is 9.52. The van der Waals surface area contributed by atoms with Crippen molar-refractivity contribution >= 4 is 29.2 Å².